The van der Waals surface area contributed by atoms with Gasteiger partial charge in [-0.2, -0.15) is 5.01 Å². The fourth-order valence-electron chi connectivity index (χ4n) is 3.80. The topological polar surface area (TPSA) is 111 Å². The van der Waals surface area contributed by atoms with Crippen molar-refractivity contribution in [3.63, 3.8) is 0 Å². The third-order valence-corrected chi connectivity index (χ3v) is 6.30. The number of amides is 5. The highest BCUT2D eigenvalue weighted by Crippen LogP contribution is 2.35. The lowest BCUT2D eigenvalue weighted by molar-refractivity contribution is -0.140. The minimum Gasteiger partial charge on any atom is -0.325 e. The fourth-order valence-corrected chi connectivity index (χ4v) is 4.09. The van der Waals surface area contributed by atoms with E-state index < -0.39 is 23.4 Å². The zero-order valence-electron chi connectivity index (χ0n) is 17.3. The normalized spacial score (nSPS) is 23.3. The minimum atomic E-state index is -0.928. The number of likely N-dealkylation sites (N-methyl/N-ethyl adjacent to an activating group) is 1. The third kappa shape index (κ3) is 5.47. The number of anilines is 1. The molecule has 2 fully saturated rings. The highest BCUT2D eigenvalue weighted by atomic mass is 35.5. The zero-order valence-corrected chi connectivity index (χ0v) is 18.8. The monoisotopic (exact) mass is 469 g/mol. The predicted molar refractivity (Wildman–Crippen MR) is 116 cm³/mol. The number of benzene rings is 1. The molecular formula is C20H25Cl2N5O4. The molecule has 0 bridgehead atoms. The van der Waals surface area contributed by atoms with Crippen LogP contribution in [0.5, 0.6) is 0 Å². The first-order valence-corrected chi connectivity index (χ1v) is 10.7. The number of nitrogens with zero attached hydrogens (tertiary/aromatic N) is 2. The zero-order chi connectivity index (χ0) is 22.8. The maximum Gasteiger partial charge on any atom is 0.344 e. The molecule has 3 rings (SSSR count). The Bertz CT molecular complexity index is 902. The van der Waals surface area contributed by atoms with Crippen LogP contribution >= 0.6 is 23.2 Å². The standard InChI is InChI=1S/C20H25Cl2N5O4/c1-12-5-7-20(8-6-12)18(30)27(19(31)24-20)25-17(29)11-26(2)10-16(28)23-13-3-4-14(21)15(22)9-13/h3-4,9,12H,5-8,10-11H2,1-2H3,(H,23,28)(H,24,31)(H,25,29). The summed E-state index contributed by atoms with van der Waals surface area (Å²) >= 11 is 11.8. The molecular weight excluding hydrogens is 445 g/mol. The van der Waals surface area contributed by atoms with Gasteiger partial charge in [0.15, 0.2) is 0 Å². The Morgan fingerprint density at radius 3 is 2.45 bits per heavy atom. The molecule has 1 aromatic carbocycles. The maximum atomic E-state index is 12.8. The summed E-state index contributed by atoms with van der Waals surface area (Å²) in [7, 11) is 1.57. The lowest BCUT2D eigenvalue weighted by atomic mass is 9.77. The summed E-state index contributed by atoms with van der Waals surface area (Å²) in [6.07, 6.45) is 2.79. The second-order valence-corrected chi connectivity index (χ2v) is 9.03. The molecule has 5 amide bonds. The molecule has 0 aromatic heterocycles. The number of carbonyl (C=O) groups is 4. The van der Waals surface area contributed by atoms with E-state index in [9.17, 15) is 19.2 Å². The van der Waals surface area contributed by atoms with E-state index in [-0.39, 0.29) is 19.0 Å². The van der Waals surface area contributed by atoms with Gasteiger partial charge in [-0.1, -0.05) is 30.1 Å². The molecule has 1 heterocycles. The van der Waals surface area contributed by atoms with Gasteiger partial charge in [-0.15, -0.1) is 0 Å². The van der Waals surface area contributed by atoms with Crippen LogP contribution in [0.15, 0.2) is 18.2 Å². The van der Waals surface area contributed by atoms with E-state index in [1.807, 2.05) is 0 Å². The second-order valence-electron chi connectivity index (χ2n) is 8.22. The number of imide groups is 1. The van der Waals surface area contributed by atoms with E-state index in [0.29, 0.717) is 34.5 Å². The number of nitrogens with one attached hydrogen (secondary N) is 3. The van der Waals surface area contributed by atoms with Gasteiger partial charge in [0.2, 0.25) is 5.91 Å². The number of hydrogen-bond acceptors (Lipinski definition) is 5. The third-order valence-electron chi connectivity index (χ3n) is 5.56. The molecule has 1 spiro atoms. The molecule has 0 unspecified atom stereocenters. The van der Waals surface area contributed by atoms with Crippen LogP contribution in [0.1, 0.15) is 32.6 Å². The first-order chi connectivity index (χ1) is 14.6. The van der Waals surface area contributed by atoms with E-state index >= 15 is 0 Å². The molecule has 0 radical (unpaired) electrons. The molecule has 11 heteroatoms. The van der Waals surface area contributed by atoms with Crippen molar-refractivity contribution in [2.75, 3.05) is 25.5 Å². The van der Waals surface area contributed by atoms with Crippen LogP contribution in [-0.2, 0) is 14.4 Å². The van der Waals surface area contributed by atoms with Gasteiger partial charge in [0, 0.05) is 5.69 Å². The van der Waals surface area contributed by atoms with Crippen molar-refractivity contribution in [3.8, 4) is 0 Å². The first-order valence-electron chi connectivity index (χ1n) is 9.99. The van der Waals surface area contributed by atoms with Crippen LogP contribution < -0.4 is 16.1 Å². The van der Waals surface area contributed by atoms with Crippen LogP contribution in [-0.4, -0.2) is 59.3 Å². The van der Waals surface area contributed by atoms with E-state index in [1.54, 1.807) is 19.2 Å². The van der Waals surface area contributed by atoms with Crippen LogP contribution in [0.2, 0.25) is 10.0 Å². The molecule has 168 valence electrons. The lowest BCUT2D eigenvalue weighted by Crippen LogP contribution is -2.52. The Labute approximate surface area is 190 Å². The number of carbonyl (C=O) groups excluding carboxylic acids is 4. The lowest BCUT2D eigenvalue weighted by Gasteiger charge is -2.33. The number of hydrogen-bond donors (Lipinski definition) is 3. The van der Waals surface area contributed by atoms with Crippen LogP contribution in [0, 0.1) is 5.92 Å². The SMILES string of the molecule is CC1CCC2(CC1)NC(=O)N(NC(=O)CN(C)CC(=O)Nc1ccc(Cl)c(Cl)c1)C2=O. The predicted octanol–water partition coefficient (Wildman–Crippen LogP) is 2.40. The Morgan fingerprint density at radius 1 is 1.16 bits per heavy atom. The van der Waals surface area contributed by atoms with Crippen molar-refractivity contribution in [2.24, 2.45) is 5.92 Å². The van der Waals surface area contributed by atoms with Gasteiger partial charge in [0.1, 0.15) is 5.54 Å². The molecule has 31 heavy (non-hydrogen) atoms. The first kappa shape index (κ1) is 23.3. The summed E-state index contributed by atoms with van der Waals surface area (Å²) in [4.78, 5) is 51.1. The number of rotatable bonds is 6. The van der Waals surface area contributed by atoms with Gasteiger partial charge < -0.3 is 10.6 Å². The highest BCUT2D eigenvalue weighted by Gasteiger charge is 2.52. The molecule has 9 nitrogen and oxygen atoms in total. The Kier molecular flexibility index (Phi) is 7.08. The number of halogens is 2. The van der Waals surface area contributed by atoms with Crippen molar-refractivity contribution in [2.45, 2.75) is 38.1 Å². The van der Waals surface area contributed by atoms with Gasteiger partial charge in [-0.05, 0) is 56.8 Å². The van der Waals surface area contributed by atoms with Crippen LogP contribution in [0.4, 0.5) is 10.5 Å². The van der Waals surface area contributed by atoms with Gasteiger partial charge in [-0.25, -0.2) is 4.79 Å². The number of urea groups is 1. The van der Waals surface area contributed by atoms with Crippen molar-refractivity contribution in [3.05, 3.63) is 28.2 Å². The summed E-state index contributed by atoms with van der Waals surface area (Å²) < 4.78 is 0. The molecule has 0 atom stereocenters. The molecule has 1 aromatic rings. The minimum absolute atomic E-state index is 0.0877. The molecule has 1 aliphatic carbocycles. The Morgan fingerprint density at radius 2 is 1.81 bits per heavy atom. The smallest absolute Gasteiger partial charge is 0.325 e. The Balaban J connectivity index is 1.49. The number of hydrazine groups is 1. The van der Waals surface area contributed by atoms with E-state index in [1.165, 1.54) is 11.0 Å². The molecule has 2 aliphatic rings. The summed E-state index contributed by atoms with van der Waals surface area (Å²) in [6.45, 7) is 1.84. The molecule has 1 saturated heterocycles. The van der Waals surface area contributed by atoms with Crippen molar-refractivity contribution in [1.29, 1.82) is 0 Å². The summed E-state index contributed by atoms with van der Waals surface area (Å²) in [5, 5.41) is 6.84. The van der Waals surface area contributed by atoms with Gasteiger partial charge in [0.05, 0.1) is 23.1 Å². The van der Waals surface area contributed by atoms with E-state index in [2.05, 4.69) is 23.0 Å². The van der Waals surface area contributed by atoms with Crippen molar-refractivity contribution in [1.82, 2.24) is 20.7 Å². The van der Waals surface area contributed by atoms with Crippen molar-refractivity contribution < 1.29 is 19.2 Å². The Hall–Kier alpha value is -2.36. The maximum absolute atomic E-state index is 12.8. The van der Waals surface area contributed by atoms with Crippen LogP contribution in [0.25, 0.3) is 0 Å². The van der Waals surface area contributed by atoms with Gasteiger partial charge in [-0.3, -0.25) is 24.7 Å². The van der Waals surface area contributed by atoms with Crippen molar-refractivity contribution >= 4 is 52.6 Å². The second kappa shape index (κ2) is 9.42. The molecule has 3 N–H and O–H groups in total. The summed E-state index contributed by atoms with van der Waals surface area (Å²) in [5.74, 6) is -0.867. The van der Waals surface area contributed by atoms with Gasteiger partial charge >= 0.3 is 6.03 Å². The summed E-state index contributed by atoms with van der Waals surface area (Å²) in [5.41, 5.74) is 1.90. The average Bonchev–Trinajstić information content (AvgIpc) is 2.91. The van der Waals surface area contributed by atoms with Crippen LogP contribution in [0.3, 0.4) is 0 Å². The molecule has 1 saturated carbocycles. The van der Waals surface area contributed by atoms with E-state index in [4.69, 9.17) is 23.2 Å². The highest BCUT2D eigenvalue weighted by molar-refractivity contribution is 6.42. The molecule has 1 aliphatic heterocycles. The van der Waals surface area contributed by atoms with E-state index in [0.717, 1.165) is 17.9 Å². The fraction of sp³-hybridized carbons (Fsp3) is 0.500. The largest absolute Gasteiger partial charge is 0.344 e. The average molecular weight is 470 g/mol. The van der Waals surface area contributed by atoms with Gasteiger partial charge in [0.25, 0.3) is 11.8 Å². The quantitative estimate of drug-likeness (QED) is 0.553. The summed E-state index contributed by atoms with van der Waals surface area (Å²) in [6, 6.07) is 4.06.